The highest BCUT2D eigenvalue weighted by Crippen LogP contribution is 2.57. The molecule has 8 nitrogen and oxygen atoms in total. The van der Waals surface area contributed by atoms with E-state index in [-0.39, 0.29) is 21.9 Å². The summed E-state index contributed by atoms with van der Waals surface area (Å²) in [6.07, 6.45) is -1.28. The van der Waals surface area contributed by atoms with Gasteiger partial charge in [0.2, 0.25) is 11.8 Å². The van der Waals surface area contributed by atoms with Gasteiger partial charge in [-0.3, -0.25) is 20.2 Å². The van der Waals surface area contributed by atoms with Crippen molar-refractivity contribution in [2.75, 3.05) is 10.6 Å². The van der Waals surface area contributed by atoms with Gasteiger partial charge in [0.1, 0.15) is 11.2 Å². The molecule has 41 heavy (non-hydrogen) atoms. The molecule has 3 aromatic rings. The fourth-order valence-corrected chi connectivity index (χ4v) is 6.28. The third kappa shape index (κ3) is 5.37. The Morgan fingerprint density at radius 3 is 2.41 bits per heavy atom. The Bertz CT molecular complexity index is 1540. The van der Waals surface area contributed by atoms with E-state index in [1.165, 1.54) is 36.4 Å². The molecule has 2 heterocycles. The van der Waals surface area contributed by atoms with E-state index in [0.29, 0.717) is 33.9 Å². The second-order valence-corrected chi connectivity index (χ2v) is 12.4. The minimum absolute atomic E-state index is 0.121. The van der Waals surface area contributed by atoms with Gasteiger partial charge in [0, 0.05) is 28.0 Å². The Labute approximate surface area is 246 Å². The van der Waals surface area contributed by atoms with Gasteiger partial charge < -0.3 is 15.8 Å². The van der Waals surface area contributed by atoms with Crippen molar-refractivity contribution in [2.24, 2.45) is 11.1 Å². The summed E-state index contributed by atoms with van der Waals surface area (Å²) >= 11 is 12.5. The SMILES string of the molecule is CC(C)(C)C[C@@H]1N[C@H](OC(=O)Nc2ccc(C(N)=O)cc2)[C@H](c2ccc(F)c(Cl)c2)[C@]12C(=O)Nc1cc(Cl)ccc12. The molecule has 3 amide bonds. The zero-order valence-electron chi connectivity index (χ0n) is 22.6. The number of nitrogens with two attached hydrogens (primary N) is 1. The molecular weight excluding hydrogens is 570 g/mol. The minimum atomic E-state index is -1.25. The van der Waals surface area contributed by atoms with Crippen LogP contribution in [-0.2, 0) is 14.9 Å². The zero-order valence-corrected chi connectivity index (χ0v) is 24.1. The number of rotatable bonds is 5. The van der Waals surface area contributed by atoms with Crippen molar-refractivity contribution in [3.8, 4) is 0 Å². The molecular formula is C30H29Cl2FN4O4. The maximum absolute atomic E-state index is 14.3. The molecule has 2 aliphatic heterocycles. The van der Waals surface area contributed by atoms with Crippen molar-refractivity contribution in [1.82, 2.24) is 5.32 Å². The number of halogens is 3. The van der Waals surface area contributed by atoms with E-state index < -0.39 is 41.4 Å². The number of carbonyl (C=O) groups excluding carboxylic acids is 3. The van der Waals surface area contributed by atoms with Crippen molar-refractivity contribution in [1.29, 1.82) is 0 Å². The summed E-state index contributed by atoms with van der Waals surface area (Å²) in [4.78, 5) is 38.7. The average Bonchev–Trinajstić information content (AvgIpc) is 3.33. The average molecular weight is 599 g/mol. The fourth-order valence-electron chi connectivity index (χ4n) is 5.92. The first kappa shape index (κ1) is 28.9. The molecule has 0 aliphatic carbocycles. The van der Waals surface area contributed by atoms with Gasteiger partial charge in [0.05, 0.1) is 10.9 Å². The molecule has 2 aliphatic rings. The molecule has 4 atom stereocenters. The van der Waals surface area contributed by atoms with Crippen LogP contribution in [0.2, 0.25) is 10.0 Å². The molecule has 5 N–H and O–H groups in total. The summed E-state index contributed by atoms with van der Waals surface area (Å²) in [6, 6.07) is 14.9. The summed E-state index contributed by atoms with van der Waals surface area (Å²) < 4.78 is 20.2. The quantitative estimate of drug-likeness (QED) is 0.279. The van der Waals surface area contributed by atoms with Gasteiger partial charge in [-0.25, -0.2) is 9.18 Å². The van der Waals surface area contributed by atoms with Gasteiger partial charge >= 0.3 is 6.09 Å². The molecule has 0 unspecified atom stereocenters. The number of ether oxygens (including phenoxy) is 1. The Morgan fingerprint density at radius 1 is 1.07 bits per heavy atom. The van der Waals surface area contributed by atoms with Gasteiger partial charge in [-0.2, -0.15) is 0 Å². The molecule has 11 heteroatoms. The number of carbonyl (C=O) groups is 3. The number of nitrogens with one attached hydrogen (secondary N) is 3. The van der Waals surface area contributed by atoms with Crippen LogP contribution in [0.25, 0.3) is 0 Å². The Balaban J connectivity index is 1.59. The lowest BCUT2D eigenvalue weighted by Crippen LogP contribution is -2.49. The number of hydrogen-bond donors (Lipinski definition) is 4. The standard InChI is InChI=1S/C30H29Cl2FN4O4/c1-29(2,3)14-23-30(19-10-7-17(31)13-22(19)36-27(30)39)24(16-6-11-21(33)20(32)12-16)26(37-23)41-28(40)35-18-8-4-15(5-9-18)25(34)38/h4-13,23-24,26,37H,14H2,1-3H3,(H2,34,38)(H,35,40)(H,36,39)/t23-,24-,26+,30+/m0/s1. The van der Waals surface area contributed by atoms with Crippen LogP contribution >= 0.6 is 23.2 Å². The molecule has 3 aromatic carbocycles. The van der Waals surface area contributed by atoms with Crippen LogP contribution in [0.15, 0.2) is 60.7 Å². The van der Waals surface area contributed by atoms with Crippen molar-refractivity contribution < 1.29 is 23.5 Å². The highest BCUT2D eigenvalue weighted by atomic mass is 35.5. The highest BCUT2D eigenvalue weighted by Gasteiger charge is 2.65. The van der Waals surface area contributed by atoms with Gasteiger partial charge in [0.15, 0.2) is 6.23 Å². The highest BCUT2D eigenvalue weighted by molar-refractivity contribution is 6.31. The Hall–Kier alpha value is -3.66. The lowest BCUT2D eigenvalue weighted by Gasteiger charge is -2.37. The topological polar surface area (TPSA) is 123 Å². The first-order valence-corrected chi connectivity index (χ1v) is 13.7. The van der Waals surface area contributed by atoms with Crippen LogP contribution in [0, 0.1) is 11.2 Å². The van der Waals surface area contributed by atoms with Gasteiger partial charge in [-0.1, -0.05) is 56.1 Å². The fraction of sp³-hybridized carbons (Fsp3) is 0.300. The number of benzene rings is 3. The van der Waals surface area contributed by atoms with Gasteiger partial charge in [-0.05, 0) is 71.5 Å². The summed E-state index contributed by atoms with van der Waals surface area (Å²) in [7, 11) is 0. The van der Waals surface area contributed by atoms with Crippen LogP contribution in [0.3, 0.4) is 0 Å². The molecule has 1 saturated heterocycles. The van der Waals surface area contributed by atoms with Gasteiger partial charge in [-0.15, -0.1) is 0 Å². The number of amides is 3. The molecule has 0 radical (unpaired) electrons. The molecule has 0 aromatic heterocycles. The number of anilines is 2. The Morgan fingerprint density at radius 2 is 1.78 bits per heavy atom. The van der Waals surface area contributed by atoms with Crippen LogP contribution in [0.4, 0.5) is 20.6 Å². The van der Waals surface area contributed by atoms with E-state index in [4.69, 9.17) is 33.7 Å². The van der Waals surface area contributed by atoms with E-state index in [1.54, 1.807) is 24.3 Å². The summed E-state index contributed by atoms with van der Waals surface area (Å²) in [6.45, 7) is 6.16. The predicted octanol–water partition coefficient (Wildman–Crippen LogP) is 6.19. The van der Waals surface area contributed by atoms with E-state index in [0.717, 1.165) is 0 Å². The van der Waals surface area contributed by atoms with Crippen molar-refractivity contribution in [3.63, 3.8) is 0 Å². The van der Waals surface area contributed by atoms with Crippen LogP contribution in [-0.4, -0.2) is 30.2 Å². The monoisotopic (exact) mass is 598 g/mol. The largest absolute Gasteiger partial charge is 0.429 e. The van der Waals surface area contributed by atoms with Crippen LogP contribution < -0.4 is 21.7 Å². The molecule has 5 rings (SSSR count). The number of hydrogen-bond acceptors (Lipinski definition) is 5. The van der Waals surface area contributed by atoms with Gasteiger partial charge in [0.25, 0.3) is 0 Å². The molecule has 1 fully saturated rings. The third-order valence-corrected chi connectivity index (χ3v) is 8.05. The second-order valence-electron chi connectivity index (χ2n) is 11.5. The maximum Gasteiger partial charge on any atom is 0.413 e. The number of fused-ring (bicyclic) bond motifs is 2. The minimum Gasteiger partial charge on any atom is -0.429 e. The smallest absolute Gasteiger partial charge is 0.413 e. The normalized spacial score (nSPS) is 23.3. The first-order chi connectivity index (χ1) is 19.3. The summed E-state index contributed by atoms with van der Waals surface area (Å²) in [5.74, 6) is -2.30. The lowest BCUT2D eigenvalue weighted by atomic mass is 9.63. The van der Waals surface area contributed by atoms with Crippen molar-refractivity contribution >= 4 is 52.5 Å². The van der Waals surface area contributed by atoms with E-state index >= 15 is 0 Å². The second kappa shape index (κ2) is 10.6. The number of primary amides is 1. The molecule has 0 bridgehead atoms. The molecule has 0 saturated carbocycles. The van der Waals surface area contributed by atoms with Crippen LogP contribution in [0.5, 0.6) is 0 Å². The van der Waals surface area contributed by atoms with Crippen molar-refractivity contribution in [2.45, 2.75) is 50.8 Å². The summed E-state index contributed by atoms with van der Waals surface area (Å²) in [5.41, 5.74) is 6.24. The Kier molecular flexibility index (Phi) is 7.48. The third-order valence-electron chi connectivity index (χ3n) is 7.53. The first-order valence-electron chi connectivity index (χ1n) is 13.0. The predicted molar refractivity (Wildman–Crippen MR) is 156 cm³/mol. The molecule has 214 valence electrons. The van der Waals surface area contributed by atoms with Crippen molar-refractivity contribution in [3.05, 3.63) is 93.2 Å². The zero-order chi connectivity index (χ0) is 29.7. The van der Waals surface area contributed by atoms with E-state index in [1.807, 2.05) is 0 Å². The van der Waals surface area contributed by atoms with Crippen LogP contribution in [0.1, 0.15) is 54.6 Å². The molecule has 1 spiro atoms. The lowest BCUT2D eigenvalue weighted by molar-refractivity contribution is -0.122. The summed E-state index contributed by atoms with van der Waals surface area (Å²) in [5, 5.41) is 9.37. The van der Waals surface area contributed by atoms with E-state index in [2.05, 4.69) is 36.7 Å². The maximum atomic E-state index is 14.3. The van der Waals surface area contributed by atoms with E-state index in [9.17, 15) is 18.8 Å².